The second-order valence-electron chi connectivity index (χ2n) is 4.16. The van der Waals surface area contributed by atoms with Gasteiger partial charge in [-0.05, 0) is 44.0 Å². The zero-order valence-corrected chi connectivity index (χ0v) is 11.7. The Morgan fingerprint density at radius 3 is 2.56 bits per heavy atom. The standard InChI is InChI=1S/C14H18ClNO2/c1-5-6-16-14(17)11(4)18-12-7-9(2)13(15)10(3)8-12/h5,7-8,11H,1,6H2,2-4H3,(H,16,17)/t11-/m0/s1. The summed E-state index contributed by atoms with van der Waals surface area (Å²) in [5, 5.41) is 3.41. The van der Waals surface area contributed by atoms with Crippen LogP contribution in [-0.4, -0.2) is 18.6 Å². The topological polar surface area (TPSA) is 38.3 Å². The highest BCUT2D eigenvalue weighted by molar-refractivity contribution is 6.32. The quantitative estimate of drug-likeness (QED) is 0.833. The van der Waals surface area contributed by atoms with Crippen LogP contribution in [-0.2, 0) is 4.79 Å². The van der Waals surface area contributed by atoms with Crippen LogP contribution in [0.25, 0.3) is 0 Å². The number of aryl methyl sites for hydroxylation is 2. The predicted molar refractivity (Wildman–Crippen MR) is 74.2 cm³/mol. The van der Waals surface area contributed by atoms with Gasteiger partial charge in [-0.15, -0.1) is 6.58 Å². The van der Waals surface area contributed by atoms with E-state index >= 15 is 0 Å². The van der Waals surface area contributed by atoms with Crippen LogP contribution in [0, 0.1) is 13.8 Å². The van der Waals surface area contributed by atoms with Crippen molar-refractivity contribution in [3.8, 4) is 5.75 Å². The molecule has 0 bridgehead atoms. The number of carbonyl (C=O) groups excluding carboxylic acids is 1. The van der Waals surface area contributed by atoms with Crippen LogP contribution in [0.15, 0.2) is 24.8 Å². The fourth-order valence-corrected chi connectivity index (χ4v) is 1.66. The van der Waals surface area contributed by atoms with Crippen molar-refractivity contribution < 1.29 is 9.53 Å². The first-order valence-electron chi connectivity index (χ1n) is 5.77. The molecule has 0 radical (unpaired) electrons. The maximum absolute atomic E-state index is 11.6. The second kappa shape index (κ2) is 6.45. The van der Waals surface area contributed by atoms with Gasteiger partial charge in [-0.3, -0.25) is 4.79 Å². The third-order valence-corrected chi connectivity index (χ3v) is 3.11. The van der Waals surface area contributed by atoms with Crippen molar-refractivity contribution in [1.29, 1.82) is 0 Å². The molecule has 0 heterocycles. The van der Waals surface area contributed by atoms with Crippen LogP contribution in [0.3, 0.4) is 0 Å². The summed E-state index contributed by atoms with van der Waals surface area (Å²) < 4.78 is 5.58. The van der Waals surface area contributed by atoms with E-state index in [2.05, 4.69) is 11.9 Å². The molecule has 1 aromatic rings. The normalized spacial score (nSPS) is 11.8. The van der Waals surface area contributed by atoms with Crippen molar-refractivity contribution >= 4 is 17.5 Å². The highest BCUT2D eigenvalue weighted by atomic mass is 35.5. The number of hydrogen-bond acceptors (Lipinski definition) is 2. The summed E-state index contributed by atoms with van der Waals surface area (Å²) in [7, 11) is 0. The van der Waals surface area contributed by atoms with Gasteiger partial charge < -0.3 is 10.1 Å². The number of carbonyl (C=O) groups is 1. The van der Waals surface area contributed by atoms with Crippen LogP contribution >= 0.6 is 11.6 Å². The lowest BCUT2D eigenvalue weighted by Gasteiger charge is -2.15. The molecular formula is C14H18ClNO2. The number of benzene rings is 1. The summed E-state index contributed by atoms with van der Waals surface area (Å²) in [6.45, 7) is 9.50. The lowest BCUT2D eigenvalue weighted by Crippen LogP contribution is -2.36. The predicted octanol–water partition coefficient (Wildman–Crippen LogP) is 3.03. The summed E-state index contributed by atoms with van der Waals surface area (Å²) >= 11 is 6.07. The van der Waals surface area contributed by atoms with Crippen molar-refractivity contribution in [2.24, 2.45) is 0 Å². The lowest BCUT2D eigenvalue weighted by atomic mass is 10.1. The van der Waals surface area contributed by atoms with E-state index in [1.807, 2.05) is 26.0 Å². The molecule has 1 rings (SSSR count). The monoisotopic (exact) mass is 267 g/mol. The number of amides is 1. The minimum atomic E-state index is -0.551. The molecule has 98 valence electrons. The fourth-order valence-electron chi connectivity index (χ4n) is 1.55. The first-order chi connectivity index (χ1) is 8.45. The minimum Gasteiger partial charge on any atom is -0.481 e. The van der Waals surface area contributed by atoms with E-state index in [1.165, 1.54) is 0 Å². The molecule has 3 nitrogen and oxygen atoms in total. The molecule has 0 saturated carbocycles. The van der Waals surface area contributed by atoms with Crippen molar-refractivity contribution in [1.82, 2.24) is 5.32 Å². The highest BCUT2D eigenvalue weighted by Crippen LogP contribution is 2.26. The molecule has 4 heteroatoms. The Bertz CT molecular complexity index is 434. The van der Waals surface area contributed by atoms with Crippen molar-refractivity contribution in [3.63, 3.8) is 0 Å². The van der Waals surface area contributed by atoms with Gasteiger partial charge in [0.25, 0.3) is 5.91 Å². The molecule has 0 fully saturated rings. The van der Waals surface area contributed by atoms with Gasteiger partial charge in [0.2, 0.25) is 0 Å². The molecule has 0 aliphatic rings. The Morgan fingerprint density at radius 2 is 2.06 bits per heavy atom. The third kappa shape index (κ3) is 3.77. The SMILES string of the molecule is C=CCNC(=O)[C@H](C)Oc1cc(C)c(Cl)c(C)c1. The van der Waals surface area contributed by atoms with E-state index in [1.54, 1.807) is 13.0 Å². The number of hydrogen-bond donors (Lipinski definition) is 1. The first-order valence-corrected chi connectivity index (χ1v) is 6.15. The largest absolute Gasteiger partial charge is 0.481 e. The maximum Gasteiger partial charge on any atom is 0.261 e. The van der Waals surface area contributed by atoms with E-state index in [0.717, 1.165) is 16.1 Å². The van der Waals surface area contributed by atoms with Crippen molar-refractivity contribution in [2.75, 3.05) is 6.54 Å². The van der Waals surface area contributed by atoms with Gasteiger partial charge in [0, 0.05) is 11.6 Å². The van der Waals surface area contributed by atoms with Crippen LogP contribution in [0.1, 0.15) is 18.1 Å². The average Bonchev–Trinajstić information content (AvgIpc) is 2.32. The molecule has 1 amide bonds. The Hall–Kier alpha value is -1.48. The maximum atomic E-state index is 11.6. The summed E-state index contributed by atoms with van der Waals surface area (Å²) in [5.74, 6) is 0.482. The molecule has 1 atom stereocenters. The molecule has 0 saturated heterocycles. The smallest absolute Gasteiger partial charge is 0.261 e. The van der Waals surface area contributed by atoms with Gasteiger partial charge in [-0.25, -0.2) is 0 Å². The first kappa shape index (κ1) is 14.6. The fraction of sp³-hybridized carbons (Fsp3) is 0.357. The zero-order valence-electron chi connectivity index (χ0n) is 10.9. The van der Waals surface area contributed by atoms with E-state index in [0.29, 0.717) is 12.3 Å². The Labute approximate surface area is 113 Å². The molecule has 18 heavy (non-hydrogen) atoms. The molecule has 1 N–H and O–H groups in total. The summed E-state index contributed by atoms with van der Waals surface area (Å²) in [4.78, 5) is 11.6. The molecule has 0 unspecified atom stereocenters. The Kier molecular flexibility index (Phi) is 5.23. The molecule has 1 aromatic carbocycles. The van der Waals surface area contributed by atoms with E-state index in [9.17, 15) is 4.79 Å². The zero-order chi connectivity index (χ0) is 13.7. The number of rotatable bonds is 5. The van der Waals surface area contributed by atoms with Gasteiger partial charge >= 0.3 is 0 Å². The summed E-state index contributed by atoms with van der Waals surface area (Å²) in [6.07, 6.45) is 1.08. The summed E-state index contributed by atoms with van der Waals surface area (Å²) in [6, 6.07) is 3.65. The summed E-state index contributed by atoms with van der Waals surface area (Å²) in [5.41, 5.74) is 1.87. The highest BCUT2D eigenvalue weighted by Gasteiger charge is 2.14. The minimum absolute atomic E-state index is 0.167. The third-order valence-electron chi connectivity index (χ3n) is 2.51. The van der Waals surface area contributed by atoms with Gasteiger partial charge in [0.1, 0.15) is 5.75 Å². The molecule has 0 aliphatic heterocycles. The van der Waals surface area contributed by atoms with Gasteiger partial charge in [-0.1, -0.05) is 17.7 Å². The van der Waals surface area contributed by atoms with Gasteiger partial charge in [0.05, 0.1) is 0 Å². The van der Waals surface area contributed by atoms with Gasteiger partial charge in [0.15, 0.2) is 6.10 Å². The lowest BCUT2D eigenvalue weighted by molar-refractivity contribution is -0.127. The van der Waals surface area contributed by atoms with Crippen LogP contribution in [0.4, 0.5) is 0 Å². The van der Waals surface area contributed by atoms with Gasteiger partial charge in [-0.2, -0.15) is 0 Å². The molecule has 0 spiro atoms. The number of halogens is 1. The Morgan fingerprint density at radius 1 is 1.50 bits per heavy atom. The second-order valence-corrected chi connectivity index (χ2v) is 4.54. The van der Waals surface area contributed by atoms with Crippen LogP contribution in [0.2, 0.25) is 5.02 Å². The molecule has 0 aromatic heterocycles. The van der Waals surface area contributed by atoms with E-state index < -0.39 is 6.10 Å². The average molecular weight is 268 g/mol. The van der Waals surface area contributed by atoms with E-state index in [-0.39, 0.29) is 5.91 Å². The van der Waals surface area contributed by atoms with Crippen molar-refractivity contribution in [3.05, 3.63) is 40.9 Å². The number of nitrogens with one attached hydrogen (secondary N) is 1. The van der Waals surface area contributed by atoms with Crippen LogP contribution < -0.4 is 10.1 Å². The molecule has 0 aliphatic carbocycles. The van der Waals surface area contributed by atoms with Crippen LogP contribution in [0.5, 0.6) is 5.75 Å². The van der Waals surface area contributed by atoms with Crippen molar-refractivity contribution in [2.45, 2.75) is 26.9 Å². The number of ether oxygens (including phenoxy) is 1. The van der Waals surface area contributed by atoms with E-state index in [4.69, 9.17) is 16.3 Å². The Balaban J connectivity index is 2.72. The molecular weight excluding hydrogens is 250 g/mol.